The predicted octanol–water partition coefficient (Wildman–Crippen LogP) is 2.63. The highest BCUT2D eigenvalue weighted by Crippen LogP contribution is 2.25. The Morgan fingerprint density at radius 2 is 1.73 bits per heavy atom. The normalized spacial score (nSPS) is 14.0. The van der Waals surface area contributed by atoms with E-state index in [9.17, 15) is 14.4 Å². The van der Waals surface area contributed by atoms with Crippen LogP contribution in [0.15, 0.2) is 29.6 Å². The van der Waals surface area contributed by atoms with Crippen molar-refractivity contribution in [3.05, 3.63) is 35.3 Å². The third kappa shape index (κ3) is 4.74. The van der Waals surface area contributed by atoms with Crippen LogP contribution in [0.4, 0.5) is 15.1 Å². The number of carbonyl (C=O) groups is 3. The van der Waals surface area contributed by atoms with Gasteiger partial charge in [-0.25, -0.2) is 14.8 Å². The van der Waals surface area contributed by atoms with Crippen LogP contribution in [0.2, 0.25) is 0 Å². The average Bonchev–Trinajstić information content (AvgIpc) is 3.33. The van der Waals surface area contributed by atoms with Crippen LogP contribution in [0, 0.1) is 0 Å². The van der Waals surface area contributed by atoms with Crippen molar-refractivity contribution in [2.75, 3.05) is 36.8 Å². The lowest BCUT2D eigenvalue weighted by Gasteiger charge is -2.33. The van der Waals surface area contributed by atoms with Crippen LogP contribution in [-0.4, -0.2) is 63.8 Å². The van der Waals surface area contributed by atoms with E-state index >= 15 is 0 Å². The molecule has 11 heteroatoms. The summed E-state index contributed by atoms with van der Waals surface area (Å²) in [6.45, 7) is 3.54. The molecule has 0 saturated carbocycles. The van der Waals surface area contributed by atoms with Crippen LogP contribution in [0.5, 0.6) is 0 Å². The minimum absolute atomic E-state index is 0.0174. The Bertz CT molecular complexity index is 1050. The second-order valence-electron chi connectivity index (χ2n) is 6.78. The number of aromatic nitrogens is 2. The van der Waals surface area contributed by atoms with Crippen LogP contribution in [0.3, 0.4) is 0 Å². The summed E-state index contributed by atoms with van der Waals surface area (Å²) < 4.78 is 1.01. The third-order valence-corrected chi connectivity index (χ3v) is 6.42. The number of amides is 4. The molecule has 2 aromatic heterocycles. The van der Waals surface area contributed by atoms with E-state index in [0.29, 0.717) is 42.1 Å². The van der Waals surface area contributed by atoms with Crippen molar-refractivity contribution in [2.24, 2.45) is 0 Å². The lowest BCUT2D eigenvalue weighted by Crippen LogP contribution is -2.51. The Labute approximate surface area is 180 Å². The predicted molar refractivity (Wildman–Crippen MR) is 117 cm³/mol. The molecule has 0 bridgehead atoms. The van der Waals surface area contributed by atoms with Crippen LogP contribution in [0.25, 0.3) is 10.2 Å². The summed E-state index contributed by atoms with van der Waals surface area (Å²) in [5, 5.41) is 8.31. The van der Waals surface area contributed by atoms with Gasteiger partial charge in [-0.05, 0) is 12.1 Å². The molecule has 0 radical (unpaired) electrons. The molecule has 1 aliphatic heterocycles. The van der Waals surface area contributed by atoms with Gasteiger partial charge in [-0.3, -0.25) is 14.9 Å². The molecule has 0 aliphatic carbocycles. The van der Waals surface area contributed by atoms with Crippen LogP contribution in [-0.2, 0) is 16.0 Å². The first-order valence-corrected chi connectivity index (χ1v) is 11.1. The molecule has 4 amide bonds. The van der Waals surface area contributed by atoms with Gasteiger partial charge in [0.2, 0.25) is 11.8 Å². The van der Waals surface area contributed by atoms with E-state index in [0.717, 1.165) is 10.2 Å². The molecule has 1 aromatic carbocycles. The third-order valence-electron chi connectivity index (χ3n) is 4.66. The van der Waals surface area contributed by atoms with Gasteiger partial charge in [0, 0.05) is 38.5 Å². The molecule has 1 saturated heterocycles. The van der Waals surface area contributed by atoms with Gasteiger partial charge in [0.25, 0.3) is 0 Å². The zero-order chi connectivity index (χ0) is 21.1. The van der Waals surface area contributed by atoms with Gasteiger partial charge in [0.05, 0.1) is 22.3 Å². The first kappa shape index (κ1) is 20.2. The molecule has 0 unspecified atom stereocenters. The quantitative estimate of drug-likeness (QED) is 0.643. The number of piperazine rings is 1. The molecule has 0 atom stereocenters. The fourth-order valence-corrected chi connectivity index (χ4v) is 4.68. The Morgan fingerprint density at radius 3 is 2.47 bits per heavy atom. The lowest BCUT2D eigenvalue weighted by atomic mass is 10.3. The molecule has 0 spiro atoms. The van der Waals surface area contributed by atoms with E-state index in [1.807, 2.05) is 24.3 Å². The number of thiazole rings is 2. The van der Waals surface area contributed by atoms with Crippen LogP contribution in [0.1, 0.15) is 12.6 Å². The number of nitrogens with zero attached hydrogens (tertiary/aromatic N) is 4. The molecule has 30 heavy (non-hydrogen) atoms. The smallest absolute Gasteiger partial charge is 0.323 e. The van der Waals surface area contributed by atoms with Crippen molar-refractivity contribution >= 4 is 61.0 Å². The van der Waals surface area contributed by atoms with Crippen molar-refractivity contribution in [3.8, 4) is 0 Å². The zero-order valence-electron chi connectivity index (χ0n) is 16.3. The molecular weight excluding hydrogens is 424 g/mol. The molecule has 156 valence electrons. The molecule has 2 N–H and O–H groups in total. The number of anilines is 2. The van der Waals surface area contributed by atoms with Gasteiger partial charge in [0.15, 0.2) is 10.3 Å². The number of carbonyl (C=O) groups excluding carboxylic acids is 3. The Kier molecular flexibility index (Phi) is 5.91. The number of urea groups is 1. The summed E-state index contributed by atoms with van der Waals surface area (Å²) in [7, 11) is 0. The maximum Gasteiger partial charge on any atom is 0.323 e. The largest absolute Gasteiger partial charge is 0.339 e. The van der Waals surface area contributed by atoms with Gasteiger partial charge in [-0.1, -0.05) is 23.5 Å². The van der Waals surface area contributed by atoms with Crippen molar-refractivity contribution in [2.45, 2.75) is 13.3 Å². The first-order valence-electron chi connectivity index (χ1n) is 9.39. The van der Waals surface area contributed by atoms with Gasteiger partial charge >= 0.3 is 6.03 Å². The number of benzene rings is 1. The van der Waals surface area contributed by atoms with Crippen molar-refractivity contribution in [3.63, 3.8) is 0 Å². The maximum absolute atomic E-state index is 12.4. The zero-order valence-corrected chi connectivity index (χ0v) is 17.9. The van der Waals surface area contributed by atoms with Crippen LogP contribution < -0.4 is 10.6 Å². The van der Waals surface area contributed by atoms with E-state index < -0.39 is 0 Å². The minimum atomic E-state index is -0.252. The number of fused-ring (bicyclic) bond motifs is 1. The van der Waals surface area contributed by atoms with E-state index in [4.69, 9.17) is 0 Å². The van der Waals surface area contributed by atoms with Crippen molar-refractivity contribution < 1.29 is 14.4 Å². The molecule has 3 heterocycles. The van der Waals surface area contributed by atoms with Gasteiger partial charge in [0.1, 0.15) is 0 Å². The second kappa shape index (κ2) is 8.76. The highest BCUT2D eigenvalue weighted by atomic mass is 32.1. The highest BCUT2D eigenvalue weighted by molar-refractivity contribution is 7.22. The molecule has 3 aromatic rings. The van der Waals surface area contributed by atoms with Gasteiger partial charge in [-0.15, -0.1) is 11.3 Å². The molecule has 1 fully saturated rings. The molecule has 1 aliphatic rings. The summed E-state index contributed by atoms with van der Waals surface area (Å²) in [5.41, 5.74) is 1.43. The summed E-state index contributed by atoms with van der Waals surface area (Å²) >= 11 is 2.69. The fourth-order valence-electron chi connectivity index (χ4n) is 3.09. The van der Waals surface area contributed by atoms with Crippen molar-refractivity contribution in [1.82, 2.24) is 19.8 Å². The standard InChI is InChI=1S/C19H20N6O3S2/c1-12(26)24-6-8-25(9-7-24)19(28)23-17-20-13(11-29-17)10-16(27)22-18-21-14-4-2-3-5-15(14)30-18/h2-5,11H,6-10H2,1H3,(H,20,23,28)(H,21,22,27). The average molecular weight is 445 g/mol. The Hall–Kier alpha value is -3.05. The monoisotopic (exact) mass is 444 g/mol. The summed E-state index contributed by atoms with van der Waals surface area (Å²) in [5.74, 6) is -0.193. The first-order chi connectivity index (χ1) is 14.5. The number of para-hydroxylation sites is 1. The van der Waals surface area contributed by atoms with E-state index in [-0.39, 0.29) is 24.3 Å². The van der Waals surface area contributed by atoms with Gasteiger partial charge < -0.3 is 15.1 Å². The second-order valence-corrected chi connectivity index (χ2v) is 8.67. The summed E-state index contributed by atoms with van der Waals surface area (Å²) in [6.07, 6.45) is 0.0968. The number of rotatable bonds is 4. The maximum atomic E-state index is 12.4. The van der Waals surface area contributed by atoms with E-state index in [1.54, 1.807) is 15.2 Å². The van der Waals surface area contributed by atoms with Gasteiger partial charge in [-0.2, -0.15) is 0 Å². The minimum Gasteiger partial charge on any atom is -0.339 e. The van der Waals surface area contributed by atoms with E-state index in [2.05, 4.69) is 20.6 Å². The van der Waals surface area contributed by atoms with Crippen molar-refractivity contribution in [1.29, 1.82) is 0 Å². The highest BCUT2D eigenvalue weighted by Gasteiger charge is 2.23. The molecule has 4 rings (SSSR count). The SMILES string of the molecule is CC(=O)N1CCN(C(=O)Nc2nc(CC(=O)Nc3nc4ccccc4s3)cs2)CC1. The number of hydrogen-bond acceptors (Lipinski definition) is 7. The molecule has 9 nitrogen and oxygen atoms in total. The summed E-state index contributed by atoms with van der Waals surface area (Å²) in [6, 6.07) is 7.44. The fraction of sp³-hybridized carbons (Fsp3) is 0.316. The Morgan fingerprint density at radius 1 is 1.00 bits per heavy atom. The van der Waals surface area contributed by atoms with E-state index in [1.165, 1.54) is 29.6 Å². The lowest BCUT2D eigenvalue weighted by molar-refractivity contribution is -0.130. The Balaban J connectivity index is 1.29. The topological polar surface area (TPSA) is 108 Å². The summed E-state index contributed by atoms with van der Waals surface area (Å²) in [4.78, 5) is 48.2. The molecular formula is C19H20N6O3S2. The number of hydrogen-bond donors (Lipinski definition) is 2. The number of nitrogens with one attached hydrogen (secondary N) is 2. The van der Waals surface area contributed by atoms with Crippen LogP contribution >= 0.6 is 22.7 Å².